The van der Waals surface area contributed by atoms with E-state index in [4.69, 9.17) is 0 Å². The highest BCUT2D eigenvalue weighted by Crippen LogP contribution is 2.23. The summed E-state index contributed by atoms with van der Waals surface area (Å²) in [5, 5.41) is 38.5. The van der Waals surface area contributed by atoms with Crippen LogP contribution in [0.25, 0.3) is 0 Å². The van der Waals surface area contributed by atoms with Crippen molar-refractivity contribution in [1.29, 1.82) is 0 Å². The molecule has 0 bridgehead atoms. The van der Waals surface area contributed by atoms with E-state index in [0.29, 0.717) is 0 Å². The Hall–Kier alpha value is -2.47. The van der Waals surface area contributed by atoms with Crippen molar-refractivity contribution in [1.82, 2.24) is 0 Å². The molecule has 0 amide bonds. The summed E-state index contributed by atoms with van der Waals surface area (Å²) in [4.78, 5) is 47.9. The van der Waals surface area contributed by atoms with Crippen LogP contribution in [-0.2, 0) is 0 Å². The molecule has 0 radical (unpaired) electrons. The summed E-state index contributed by atoms with van der Waals surface area (Å²) in [6.07, 6.45) is 0. The highest BCUT2D eigenvalue weighted by atomic mass is 28.3. The van der Waals surface area contributed by atoms with Crippen molar-refractivity contribution in [2.24, 2.45) is 0 Å². The highest BCUT2D eigenvalue weighted by Gasteiger charge is 2.42. The van der Waals surface area contributed by atoms with E-state index in [1.54, 1.807) is 39.3 Å². The van der Waals surface area contributed by atoms with Crippen molar-refractivity contribution in [3.8, 4) is 0 Å². The van der Waals surface area contributed by atoms with E-state index >= 15 is 0 Å². The topological polar surface area (TPSA) is 149 Å². The molecule has 0 aliphatic rings. The predicted octanol–water partition coefficient (Wildman–Crippen LogP) is 1.57. The molecule has 0 heterocycles. The molecule has 142 valence electrons. The van der Waals surface area contributed by atoms with Gasteiger partial charge in [-0.2, -0.15) is 0 Å². The molecule has 0 aromatic heterocycles. The van der Waals surface area contributed by atoms with Gasteiger partial charge in [0.25, 0.3) is 0 Å². The third-order valence-electron chi connectivity index (χ3n) is 3.86. The Balaban J connectivity index is 4.61. The number of hydrogen-bond acceptors (Lipinski definition) is 4. The zero-order valence-electron chi connectivity index (χ0n) is 15.4. The van der Waals surface area contributed by atoms with Gasteiger partial charge in [0.05, 0.1) is 38.4 Å². The zero-order valence-corrected chi connectivity index (χ0v) is 17.4. The fourth-order valence-corrected chi connectivity index (χ4v) is 7.03. The lowest BCUT2D eigenvalue weighted by atomic mass is 9.97. The van der Waals surface area contributed by atoms with Gasteiger partial charge in [-0.15, -0.1) is 0 Å². The van der Waals surface area contributed by atoms with E-state index in [1.807, 2.05) is 0 Å². The maximum Gasteiger partial charge on any atom is 0.336 e. The Kier molecular flexibility index (Phi) is 5.55. The Labute approximate surface area is 152 Å². The fourth-order valence-electron chi connectivity index (χ4n) is 3.11. The summed E-state index contributed by atoms with van der Waals surface area (Å²) in [7, 11) is -5.51. The molecular formula is C16H22O8Si2. The normalized spacial score (nSPS) is 11.9. The summed E-state index contributed by atoms with van der Waals surface area (Å²) < 4.78 is 0. The summed E-state index contributed by atoms with van der Waals surface area (Å²) in [5.74, 6) is -6.28. The second-order valence-electron chi connectivity index (χ2n) is 7.97. The van der Waals surface area contributed by atoms with Gasteiger partial charge in [-0.05, 0) is 10.4 Å². The molecule has 10 heteroatoms. The van der Waals surface area contributed by atoms with Crippen LogP contribution in [0.4, 0.5) is 0 Å². The Morgan fingerprint density at radius 2 is 0.654 bits per heavy atom. The SMILES string of the molecule is C[Si](C)(C)c1c(C(=O)O)c(C(=O)O)c([Si](C)(C)C)c(C(=O)O)c1C(=O)O. The van der Waals surface area contributed by atoms with Gasteiger partial charge in [0.15, 0.2) is 0 Å². The number of carboxylic acid groups (broad SMARTS) is 4. The van der Waals surface area contributed by atoms with Crippen LogP contribution < -0.4 is 10.4 Å². The molecule has 0 spiro atoms. The van der Waals surface area contributed by atoms with E-state index in [-0.39, 0.29) is 10.4 Å². The maximum absolute atomic E-state index is 12.0. The molecule has 1 rings (SSSR count). The van der Waals surface area contributed by atoms with Crippen molar-refractivity contribution < 1.29 is 39.6 Å². The van der Waals surface area contributed by atoms with Crippen molar-refractivity contribution in [2.75, 3.05) is 0 Å². The minimum absolute atomic E-state index is 0.172. The maximum atomic E-state index is 12.0. The summed E-state index contributed by atoms with van der Waals surface area (Å²) in [5.41, 5.74) is -2.40. The number of carboxylic acids is 4. The van der Waals surface area contributed by atoms with Crippen LogP contribution in [0.1, 0.15) is 41.4 Å². The molecule has 4 N–H and O–H groups in total. The number of aromatic carboxylic acids is 4. The Morgan fingerprint density at radius 1 is 0.500 bits per heavy atom. The first-order valence-electron chi connectivity index (χ1n) is 7.71. The van der Waals surface area contributed by atoms with Gasteiger partial charge >= 0.3 is 23.9 Å². The molecule has 26 heavy (non-hydrogen) atoms. The van der Waals surface area contributed by atoms with Crippen LogP contribution in [0.5, 0.6) is 0 Å². The van der Waals surface area contributed by atoms with Gasteiger partial charge in [0.1, 0.15) is 0 Å². The van der Waals surface area contributed by atoms with Crippen LogP contribution in [0.15, 0.2) is 0 Å². The van der Waals surface area contributed by atoms with Crippen molar-refractivity contribution in [3.05, 3.63) is 22.3 Å². The second kappa shape index (κ2) is 6.69. The Bertz CT molecular complexity index is 706. The van der Waals surface area contributed by atoms with E-state index in [9.17, 15) is 39.6 Å². The number of benzene rings is 1. The predicted molar refractivity (Wildman–Crippen MR) is 100 cm³/mol. The van der Waals surface area contributed by atoms with Gasteiger partial charge in [0, 0.05) is 0 Å². The standard InChI is InChI=1S/C16H22O8Si2/c1-25(2,3)11-7(13(17)18)9(15(21)22)12(26(4,5)6)10(16(23)24)8(11)14(19)20/h1-6H3,(H,17,18)(H,19,20)(H,21,22)(H,23,24). The average molecular weight is 399 g/mol. The lowest BCUT2D eigenvalue weighted by molar-refractivity contribution is 0.0641. The largest absolute Gasteiger partial charge is 0.478 e. The molecule has 1 aromatic rings. The monoisotopic (exact) mass is 398 g/mol. The van der Waals surface area contributed by atoms with Crippen LogP contribution >= 0.6 is 0 Å². The van der Waals surface area contributed by atoms with Crippen molar-refractivity contribution in [2.45, 2.75) is 39.3 Å². The van der Waals surface area contributed by atoms with Gasteiger partial charge in [-0.25, -0.2) is 19.2 Å². The molecule has 8 nitrogen and oxygen atoms in total. The lowest BCUT2D eigenvalue weighted by Gasteiger charge is -2.30. The molecule has 0 aliphatic carbocycles. The summed E-state index contributed by atoms with van der Waals surface area (Å²) in [6, 6.07) is 0. The first-order chi connectivity index (χ1) is 11.5. The van der Waals surface area contributed by atoms with E-state index in [0.717, 1.165) is 0 Å². The number of hydrogen-bond donors (Lipinski definition) is 4. The highest BCUT2D eigenvalue weighted by molar-refractivity contribution is 6.93. The minimum atomic E-state index is -2.76. The lowest BCUT2D eigenvalue weighted by Crippen LogP contribution is -2.54. The average Bonchev–Trinajstić information content (AvgIpc) is 2.41. The minimum Gasteiger partial charge on any atom is -0.478 e. The van der Waals surface area contributed by atoms with Gasteiger partial charge in [0.2, 0.25) is 0 Å². The fraction of sp³-hybridized carbons (Fsp3) is 0.375. The smallest absolute Gasteiger partial charge is 0.336 e. The van der Waals surface area contributed by atoms with Crippen molar-refractivity contribution in [3.63, 3.8) is 0 Å². The van der Waals surface area contributed by atoms with Crippen LogP contribution in [0.2, 0.25) is 39.3 Å². The first kappa shape index (κ1) is 21.6. The zero-order chi connectivity index (χ0) is 20.8. The van der Waals surface area contributed by atoms with E-state index in [2.05, 4.69) is 0 Å². The molecule has 0 saturated heterocycles. The van der Waals surface area contributed by atoms with Crippen LogP contribution in [-0.4, -0.2) is 60.5 Å². The van der Waals surface area contributed by atoms with Crippen LogP contribution in [0, 0.1) is 0 Å². The summed E-state index contributed by atoms with van der Waals surface area (Å²) in [6.45, 7) is 9.87. The second-order valence-corrected chi connectivity index (χ2v) is 18.0. The molecule has 0 atom stereocenters. The molecular weight excluding hydrogens is 376 g/mol. The molecule has 0 fully saturated rings. The number of rotatable bonds is 6. The van der Waals surface area contributed by atoms with Gasteiger partial charge in [-0.1, -0.05) is 39.3 Å². The molecule has 0 aliphatic heterocycles. The Morgan fingerprint density at radius 3 is 0.731 bits per heavy atom. The van der Waals surface area contributed by atoms with E-state index in [1.165, 1.54) is 0 Å². The number of carbonyl (C=O) groups is 4. The third-order valence-corrected chi connectivity index (χ3v) is 7.86. The van der Waals surface area contributed by atoms with Gasteiger partial charge < -0.3 is 20.4 Å². The third kappa shape index (κ3) is 3.70. The quantitative estimate of drug-likeness (QED) is 0.527. The van der Waals surface area contributed by atoms with Crippen molar-refractivity contribution >= 4 is 50.4 Å². The molecule has 0 saturated carbocycles. The van der Waals surface area contributed by atoms with Gasteiger partial charge in [-0.3, -0.25) is 0 Å². The van der Waals surface area contributed by atoms with Crippen LogP contribution in [0.3, 0.4) is 0 Å². The molecule has 1 aromatic carbocycles. The van der Waals surface area contributed by atoms with E-state index < -0.39 is 62.3 Å². The summed E-state index contributed by atoms with van der Waals surface area (Å²) >= 11 is 0. The molecule has 0 unspecified atom stereocenters. The first-order valence-corrected chi connectivity index (χ1v) is 14.7.